The summed E-state index contributed by atoms with van der Waals surface area (Å²) in [6.45, 7) is 4.35. The smallest absolute Gasteiger partial charge is 0.364 e. The molecule has 0 aliphatic heterocycles. The number of carbonyl (C=O) groups is 2. The molecule has 0 atom stereocenters. The Kier molecular flexibility index (Phi) is 19.9. The van der Waals surface area contributed by atoms with Crippen LogP contribution in [0.5, 0.6) is 0 Å². The van der Waals surface area contributed by atoms with Crippen LogP contribution >= 0.6 is 0 Å². The Morgan fingerprint density at radius 2 is 1.00 bits per heavy atom. The van der Waals surface area contributed by atoms with Crippen LogP contribution in [-0.2, 0) is 31.3 Å². The average Bonchev–Trinajstić information content (AvgIpc) is 3.89. The Hall–Kier alpha value is -3.23. The van der Waals surface area contributed by atoms with Gasteiger partial charge in [-0.3, -0.25) is 21.7 Å². The first kappa shape index (κ1) is 41.9. The number of halogens is 4. The quantitative estimate of drug-likeness (QED) is 0.170. The third-order valence-electron chi connectivity index (χ3n) is 8.51. The minimum absolute atomic E-state index is 0. The van der Waals surface area contributed by atoms with E-state index in [1.54, 1.807) is 13.8 Å². The molecule has 49 heavy (non-hydrogen) atoms. The zero-order valence-corrected chi connectivity index (χ0v) is 30.1. The Labute approximate surface area is 304 Å². The van der Waals surface area contributed by atoms with Crippen LogP contribution in [0.15, 0.2) is 60.7 Å². The second-order valence-electron chi connectivity index (χ2n) is 11.9. The van der Waals surface area contributed by atoms with E-state index < -0.39 is 23.3 Å². The molecule has 4 aliphatic carbocycles. The van der Waals surface area contributed by atoms with Crippen LogP contribution in [0.25, 0.3) is 0 Å². The number of nitrogens with zero attached hydrogens (tertiary/aromatic N) is 2. The number of hydrogen-bond acceptors (Lipinski definition) is 2. The first-order valence-corrected chi connectivity index (χ1v) is 17.1. The van der Waals surface area contributed by atoms with Crippen molar-refractivity contribution in [2.24, 2.45) is 11.8 Å². The molecule has 0 aromatic heterocycles. The van der Waals surface area contributed by atoms with Gasteiger partial charge >= 0.3 is 21.7 Å². The van der Waals surface area contributed by atoms with Crippen LogP contribution in [0.1, 0.15) is 90.9 Å². The largest absolute Gasteiger partial charge is 4.00 e. The summed E-state index contributed by atoms with van der Waals surface area (Å²) in [4.78, 5) is 27.6. The van der Waals surface area contributed by atoms with Gasteiger partial charge in [-0.1, -0.05) is 38.5 Å². The zero-order chi connectivity index (χ0) is 34.7. The third kappa shape index (κ3) is 13.9. The van der Waals surface area contributed by atoms with Crippen molar-refractivity contribution >= 4 is 23.2 Å². The monoisotopic (exact) mass is 710 g/mol. The maximum atomic E-state index is 13.7. The van der Waals surface area contributed by atoms with Crippen molar-refractivity contribution in [2.75, 3.05) is 22.9 Å². The molecule has 0 radical (unpaired) electrons. The number of carbonyl (C=O) groups excluding carboxylic acids is 2. The van der Waals surface area contributed by atoms with Gasteiger partial charge in [0.15, 0.2) is 0 Å². The van der Waals surface area contributed by atoms with Gasteiger partial charge in [0.05, 0.1) is 0 Å². The minimum atomic E-state index is -0.800. The van der Waals surface area contributed by atoms with Crippen molar-refractivity contribution in [2.45, 2.75) is 90.9 Å². The van der Waals surface area contributed by atoms with Gasteiger partial charge in [-0.2, -0.15) is 12.2 Å². The number of hydrogen-bond donors (Lipinski definition) is 0. The Morgan fingerprint density at radius 3 is 1.24 bits per heavy atom. The SMILES string of the molecule is CCN(C(=O)C1CCCCC1)c1ccc(F)[c-]c1F.CCN(C(=O)C1CCCCC1)c1ccc(F)[c-]c1F.[C-]1=CC=CC1.[C-]1=CC=CC1.[Ti+4]. The molecule has 2 aromatic carbocycles. The molecule has 0 heterocycles. The van der Waals surface area contributed by atoms with Gasteiger partial charge in [0, 0.05) is 48.2 Å². The number of rotatable bonds is 6. The normalized spacial score (nSPS) is 16.3. The molecular formula is C40H46F4N2O2Ti. The first-order valence-electron chi connectivity index (χ1n) is 17.1. The van der Waals surface area contributed by atoms with Crippen LogP contribution in [0.2, 0.25) is 0 Å². The van der Waals surface area contributed by atoms with Crippen LogP contribution in [-0.4, -0.2) is 24.9 Å². The Balaban J connectivity index is 0.000000260. The van der Waals surface area contributed by atoms with Crippen molar-refractivity contribution < 1.29 is 48.9 Å². The standard InChI is InChI=1S/2C15H18F2NO.2C5H5.Ti/c2*1-2-18(14-9-8-12(16)10-13(14)17)15(19)11-6-4-3-5-7-11;2*1-2-4-5-3-1;/h2*8-9,11H,2-7H2,1H3;2*1-3H,4H2;/q4*-1;+4. The molecule has 2 amide bonds. The predicted octanol–water partition coefficient (Wildman–Crippen LogP) is 10.0. The first-order chi connectivity index (χ1) is 23.3. The van der Waals surface area contributed by atoms with Gasteiger partial charge < -0.3 is 9.80 Å². The van der Waals surface area contributed by atoms with Crippen LogP contribution < -0.4 is 9.80 Å². The van der Waals surface area contributed by atoms with Crippen molar-refractivity contribution in [1.82, 2.24) is 0 Å². The molecule has 2 saturated carbocycles. The summed E-state index contributed by atoms with van der Waals surface area (Å²) in [6.07, 6.45) is 30.0. The molecular weight excluding hydrogens is 664 g/mol. The van der Waals surface area contributed by atoms with E-state index in [9.17, 15) is 27.2 Å². The van der Waals surface area contributed by atoms with Crippen LogP contribution in [0, 0.1) is 59.4 Å². The fraction of sp³-hybridized carbons (Fsp3) is 0.450. The summed E-state index contributed by atoms with van der Waals surface area (Å²) >= 11 is 0. The molecule has 0 bridgehead atoms. The number of allylic oxidation sites excluding steroid dienone is 8. The topological polar surface area (TPSA) is 40.6 Å². The molecule has 2 aromatic rings. The number of anilines is 2. The van der Waals surface area contributed by atoms with E-state index in [0.29, 0.717) is 13.1 Å². The van der Waals surface area contributed by atoms with Gasteiger partial charge in [0.25, 0.3) is 0 Å². The summed E-state index contributed by atoms with van der Waals surface area (Å²) in [6, 6.07) is 8.86. The van der Waals surface area contributed by atoms with E-state index in [0.717, 1.165) is 89.2 Å². The van der Waals surface area contributed by atoms with Crippen molar-refractivity contribution in [3.8, 4) is 0 Å². The minimum Gasteiger partial charge on any atom is -0.364 e. The van der Waals surface area contributed by atoms with E-state index in [4.69, 9.17) is 0 Å². The fourth-order valence-corrected chi connectivity index (χ4v) is 6.00. The van der Waals surface area contributed by atoms with Crippen molar-refractivity contribution in [3.05, 3.63) is 108 Å². The second kappa shape index (κ2) is 23.2. The Bertz CT molecular complexity index is 1300. The van der Waals surface area contributed by atoms with Gasteiger partial charge in [-0.15, -0.1) is 49.2 Å². The molecule has 2 fully saturated rings. The van der Waals surface area contributed by atoms with Gasteiger partial charge in [0.2, 0.25) is 11.8 Å². The zero-order valence-electron chi connectivity index (χ0n) is 28.6. The van der Waals surface area contributed by atoms with Crippen molar-refractivity contribution in [1.29, 1.82) is 0 Å². The summed E-state index contributed by atoms with van der Waals surface area (Å²) in [5.74, 6) is -3.26. The fourth-order valence-electron chi connectivity index (χ4n) is 6.00. The average molecular weight is 711 g/mol. The van der Waals surface area contributed by atoms with E-state index >= 15 is 0 Å². The molecule has 0 saturated heterocycles. The molecule has 0 spiro atoms. The van der Waals surface area contributed by atoms with Crippen LogP contribution in [0.4, 0.5) is 28.9 Å². The third-order valence-corrected chi connectivity index (χ3v) is 8.51. The summed E-state index contributed by atoms with van der Waals surface area (Å²) in [5, 5.41) is 0. The molecule has 260 valence electrons. The molecule has 4 nitrogen and oxygen atoms in total. The maximum absolute atomic E-state index is 13.7. The molecule has 9 heteroatoms. The van der Waals surface area contributed by atoms with Gasteiger partial charge in [0.1, 0.15) is 0 Å². The van der Waals surface area contributed by atoms with Gasteiger partial charge in [-0.05, 0) is 50.9 Å². The predicted molar refractivity (Wildman–Crippen MR) is 183 cm³/mol. The second-order valence-corrected chi connectivity index (χ2v) is 11.9. The number of benzene rings is 2. The molecule has 4 aliphatic rings. The Morgan fingerprint density at radius 1 is 0.633 bits per heavy atom. The maximum Gasteiger partial charge on any atom is 4.00 e. The molecule has 0 unspecified atom stereocenters. The molecule has 0 N–H and O–H groups in total. The van der Waals surface area contributed by atoms with Crippen LogP contribution in [0.3, 0.4) is 0 Å². The number of amides is 2. The van der Waals surface area contributed by atoms with E-state index in [2.05, 4.69) is 24.3 Å². The van der Waals surface area contributed by atoms with E-state index in [1.807, 2.05) is 36.4 Å². The molecule has 6 rings (SSSR count). The summed E-state index contributed by atoms with van der Waals surface area (Å²) in [5.41, 5.74) is 0.249. The van der Waals surface area contributed by atoms with E-state index in [1.165, 1.54) is 21.9 Å². The summed E-state index contributed by atoms with van der Waals surface area (Å²) < 4.78 is 53.2. The van der Waals surface area contributed by atoms with E-state index in [-0.39, 0.29) is 56.7 Å². The van der Waals surface area contributed by atoms with Crippen molar-refractivity contribution in [3.63, 3.8) is 0 Å². The van der Waals surface area contributed by atoms with Gasteiger partial charge in [-0.25, -0.2) is 41.9 Å². The summed E-state index contributed by atoms with van der Waals surface area (Å²) in [7, 11) is 0.